The minimum Gasteiger partial charge on any atom is -0.379 e. The van der Waals surface area contributed by atoms with E-state index in [4.69, 9.17) is 4.98 Å². The molecule has 0 N–H and O–H groups in total. The van der Waals surface area contributed by atoms with Gasteiger partial charge in [0.25, 0.3) is 10.0 Å². The van der Waals surface area contributed by atoms with Crippen LogP contribution in [0.2, 0.25) is 16.6 Å². The summed E-state index contributed by atoms with van der Waals surface area (Å²) in [5.74, 6) is 0. The second-order valence-corrected chi connectivity index (χ2v) is 19.4. The highest BCUT2D eigenvalue weighted by molar-refractivity contribution is 7.90. The summed E-state index contributed by atoms with van der Waals surface area (Å²) in [6.45, 7) is 14.1. The van der Waals surface area contributed by atoms with Gasteiger partial charge in [0, 0.05) is 45.5 Å². The van der Waals surface area contributed by atoms with Crippen LogP contribution in [-0.2, 0) is 10.0 Å². The average molecular weight is 562 g/mol. The fraction of sp³-hybridized carbons (Fsp3) is 0.300. The maximum absolute atomic E-state index is 13.8. The fourth-order valence-electron chi connectivity index (χ4n) is 6.47. The summed E-state index contributed by atoms with van der Waals surface area (Å²) < 4.78 is 31.4. The standard InChI is InChI=1S/C30H35N3O2S2Si/c1-21(2)38(22(3)4,23(5)6)32-15-14-24(19-32)28-20-33(37(34,35)26-11-8-7-9-12-26)30-27(28)17-25(18-31-30)29-13-10-16-36-29/h7-23H,1-6H3. The van der Waals surface area contributed by atoms with Gasteiger partial charge in [0.05, 0.1) is 4.90 Å². The van der Waals surface area contributed by atoms with Crippen molar-refractivity contribution in [1.82, 2.24) is 13.2 Å². The Morgan fingerprint density at radius 2 is 1.53 bits per heavy atom. The summed E-state index contributed by atoms with van der Waals surface area (Å²) in [6.07, 6.45) is 7.99. The topological polar surface area (TPSA) is 56.9 Å². The number of fused-ring (bicyclic) bond motifs is 1. The lowest BCUT2D eigenvalue weighted by molar-refractivity contribution is 0.589. The molecule has 0 aliphatic heterocycles. The predicted octanol–water partition coefficient (Wildman–Crippen LogP) is 8.49. The van der Waals surface area contributed by atoms with E-state index in [1.165, 1.54) is 3.97 Å². The van der Waals surface area contributed by atoms with Crippen LogP contribution >= 0.6 is 11.3 Å². The van der Waals surface area contributed by atoms with Gasteiger partial charge in [-0.05, 0) is 58.5 Å². The second-order valence-electron chi connectivity index (χ2n) is 10.9. The van der Waals surface area contributed by atoms with Gasteiger partial charge in [-0.15, -0.1) is 11.3 Å². The molecule has 0 aliphatic carbocycles. The average Bonchev–Trinajstić information content (AvgIpc) is 3.64. The molecular formula is C30H35N3O2S2Si. The third-order valence-electron chi connectivity index (χ3n) is 7.94. The molecule has 0 saturated carbocycles. The van der Waals surface area contributed by atoms with Gasteiger partial charge in [0.1, 0.15) is 0 Å². The van der Waals surface area contributed by atoms with Crippen molar-refractivity contribution in [3.8, 4) is 21.6 Å². The van der Waals surface area contributed by atoms with E-state index in [9.17, 15) is 8.42 Å². The number of pyridine rings is 1. The molecule has 0 spiro atoms. The Hall–Kier alpha value is -2.94. The molecule has 0 bridgehead atoms. The van der Waals surface area contributed by atoms with Crippen LogP contribution in [0.4, 0.5) is 0 Å². The van der Waals surface area contributed by atoms with E-state index in [1.54, 1.807) is 48.0 Å². The van der Waals surface area contributed by atoms with Crippen molar-refractivity contribution in [2.75, 3.05) is 0 Å². The summed E-state index contributed by atoms with van der Waals surface area (Å²) in [5, 5.41) is 2.87. The zero-order valence-electron chi connectivity index (χ0n) is 22.8. The van der Waals surface area contributed by atoms with E-state index in [2.05, 4.69) is 76.4 Å². The first kappa shape index (κ1) is 26.7. The van der Waals surface area contributed by atoms with Crippen LogP contribution in [-0.4, -0.2) is 29.8 Å². The van der Waals surface area contributed by atoms with Gasteiger partial charge >= 0.3 is 0 Å². The number of hydrogen-bond donors (Lipinski definition) is 0. The van der Waals surface area contributed by atoms with Crippen LogP contribution in [0.1, 0.15) is 41.5 Å². The van der Waals surface area contributed by atoms with Crippen molar-refractivity contribution in [2.24, 2.45) is 0 Å². The highest BCUT2D eigenvalue weighted by Gasteiger charge is 2.45. The number of thiophene rings is 1. The highest BCUT2D eigenvalue weighted by Crippen LogP contribution is 2.44. The number of nitrogens with zero attached hydrogens (tertiary/aromatic N) is 3. The van der Waals surface area contributed by atoms with Crippen LogP contribution in [0.3, 0.4) is 0 Å². The Labute approximate surface area is 230 Å². The minimum atomic E-state index is -3.82. The Kier molecular flexibility index (Phi) is 7.00. The monoisotopic (exact) mass is 561 g/mol. The van der Waals surface area contributed by atoms with Crippen molar-refractivity contribution in [3.63, 3.8) is 0 Å². The van der Waals surface area contributed by atoms with E-state index in [0.29, 0.717) is 22.3 Å². The van der Waals surface area contributed by atoms with E-state index in [1.807, 2.05) is 17.5 Å². The molecule has 5 nitrogen and oxygen atoms in total. The first-order valence-electron chi connectivity index (χ1n) is 13.1. The smallest absolute Gasteiger partial charge is 0.269 e. The molecular weight excluding hydrogens is 527 g/mol. The molecule has 0 amide bonds. The lowest BCUT2D eigenvalue weighted by Gasteiger charge is -2.44. The number of aromatic nitrogens is 3. The van der Waals surface area contributed by atoms with Crippen molar-refractivity contribution in [2.45, 2.75) is 63.1 Å². The van der Waals surface area contributed by atoms with Crippen LogP contribution in [0, 0.1) is 0 Å². The molecule has 198 valence electrons. The maximum Gasteiger partial charge on any atom is 0.269 e. The van der Waals surface area contributed by atoms with Crippen LogP contribution < -0.4 is 0 Å². The second kappa shape index (κ2) is 9.98. The van der Waals surface area contributed by atoms with E-state index < -0.39 is 18.3 Å². The number of rotatable bonds is 8. The van der Waals surface area contributed by atoms with Crippen LogP contribution in [0.25, 0.3) is 32.6 Å². The van der Waals surface area contributed by atoms with Crippen LogP contribution in [0.5, 0.6) is 0 Å². The summed E-state index contributed by atoms with van der Waals surface area (Å²) in [7, 11) is -5.77. The normalized spacial score (nSPS) is 12.9. The summed E-state index contributed by atoms with van der Waals surface area (Å²) >= 11 is 1.65. The molecule has 5 rings (SSSR count). The Bertz CT molecular complexity index is 1640. The van der Waals surface area contributed by atoms with Gasteiger partial charge in [-0.1, -0.05) is 65.8 Å². The first-order valence-corrected chi connectivity index (χ1v) is 17.6. The zero-order chi connectivity index (χ0) is 27.2. The Morgan fingerprint density at radius 3 is 2.13 bits per heavy atom. The molecule has 8 heteroatoms. The Balaban J connectivity index is 1.75. The van der Waals surface area contributed by atoms with Gasteiger partial charge in [0.15, 0.2) is 13.9 Å². The summed E-state index contributed by atoms with van der Waals surface area (Å²) in [6, 6.07) is 16.9. The van der Waals surface area contributed by atoms with Gasteiger partial charge < -0.3 is 4.23 Å². The molecule has 1 aromatic carbocycles. The fourth-order valence-corrected chi connectivity index (χ4v) is 15.0. The molecule has 38 heavy (non-hydrogen) atoms. The summed E-state index contributed by atoms with van der Waals surface area (Å²) in [5.41, 5.74) is 4.97. The quantitative estimate of drug-likeness (QED) is 0.178. The highest BCUT2D eigenvalue weighted by atomic mass is 32.2. The SMILES string of the molecule is CC(C)[Si](C(C)C)(C(C)C)n1ccc(-c2cn(S(=O)(=O)c3ccccc3)c3ncc(-c4cccs4)cc23)c1. The van der Waals surface area contributed by atoms with E-state index in [-0.39, 0.29) is 4.90 Å². The van der Waals surface area contributed by atoms with Crippen molar-refractivity contribution in [3.05, 3.63) is 84.8 Å². The minimum absolute atomic E-state index is 0.246. The van der Waals surface area contributed by atoms with Crippen molar-refractivity contribution < 1.29 is 8.42 Å². The Morgan fingerprint density at radius 1 is 0.842 bits per heavy atom. The van der Waals surface area contributed by atoms with Gasteiger partial charge in [-0.2, -0.15) is 0 Å². The number of hydrogen-bond acceptors (Lipinski definition) is 4. The number of benzene rings is 1. The van der Waals surface area contributed by atoms with Crippen LogP contribution in [0.15, 0.2) is 89.7 Å². The van der Waals surface area contributed by atoms with Gasteiger partial charge in [-0.3, -0.25) is 0 Å². The zero-order valence-corrected chi connectivity index (χ0v) is 25.4. The molecule has 0 aliphatic rings. The van der Waals surface area contributed by atoms with E-state index in [0.717, 1.165) is 27.0 Å². The largest absolute Gasteiger partial charge is 0.379 e. The molecule has 0 unspecified atom stereocenters. The molecule has 5 aromatic rings. The van der Waals surface area contributed by atoms with Gasteiger partial charge in [-0.25, -0.2) is 17.4 Å². The lowest BCUT2D eigenvalue weighted by Crippen LogP contribution is -2.51. The van der Waals surface area contributed by atoms with Gasteiger partial charge in [0.2, 0.25) is 0 Å². The first-order chi connectivity index (χ1) is 18.1. The molecule has 0 saturated heterocycles. The molecule has 0 atom stereocenters. The maximum atomic E-state index is 13.8. The third kappa shape index (κ3) is 4.19. The van der Waals surface area contributed by atoms with Crippen molar-refractivity contribution in [1.29, 1.82) is 0 Å². The molecule has 4 heterocycles. The molecule has 4 aromatic heterocycles. The van der Waals surface area contributed by atoms with Crippen molar-refractivity contribution >= 4 is 40.6 Å². The predicted molar refractivity (Wildman–Crippen MR) is 162 cm³/mol. The molecule has 0 radical (unpaired) electrons. The third-order valence-corrected chi connectivity index (χ3v) is 17.2. The van der Waals surface area contributed by atoms with E-state index >= 15 is 0 Å². The summed E-state index contributed by atoms with van der Waals surface area (Å²) in [4.78, 5) is 6.06. The lowest BCUT2D eigenvalue weighted by atomic mass is 10.1. The molecule has 0 fully saturated rings.